The SMILES string of the molecule is C#CCOc1cc(C(=O)NC(C)c2ccc(C(F)(F)F)nn2)cc(-c2ncc(C)s2)c1. The van der Waals surface area contributed by atoms with E-state index in [9.17, 15) is 18.0 Å². The van der Waals surface area contributed by atoms with Crippen molar-refractivity contribution in [2.45, 2.75) is 26.1 Å². The van der Waals surface area contributed by atoms with Crippen molar-refractivity contribution in [3.05, 3.63) is 58.4 Å². The number of benzene rings is 1. The lowest BCUT2D eigenvalue weighted by Crippen LogP contribution is -2.27. The monoisotopic (exact) mass is 446 g/mol. The maximum Gasteiger partial charge on any atom is 0.435 e. The largest absolute Gasteiger partial charge is 0.481 e. The van der Waals surface area contributed by atoms with Gasteiger partial charge < -0.3 is 10.1 Å². The van der Waals surface area contributed by atoms with Gasteiger partial charge in [0.15, 0.2) is 5.69 Å². The Hall–Kier alpha value is -3.45. The molecule has 31 heavy (non-hydrogen) atoms. The Morgan fingerprint density at radius 3 is 2.65 bits per heavy atom. The van der Waals surface area contributed by atoms with E-state index in [1.54, 1.807) is 25.3 Å². The molecule has 0 saturated carbocycles. The van der Waals surface area contributed by atoms with Crippen molar-refractivity contribution in [3.8, 4) is 28.7 Å². The maximum absolute atomic E-state index is 12.8. The van der Waals surface area contributed by atoms with Crippen molar-refractivity contribution in [2.24, 2.45) is 0 Å². The second-order valence-corrected chi connectivity index (χ2v) is 7.79. The topological polar surface area (TPSA) is 77.0 Å². The molecule has 1 N–H and O–H groups in total. The van der Waals surface area contributed by atoms with Crippen molar-refractivity contribution in [1.29, 1.82) is 0 Å². The van der Waals surface area contributed by atoms with Gasteiger partial charge in [-0.3, -0.25) is 4.79 Å². The molecule has 0 radical (unpaired) electrons. The van der Waals surface area contributed by atoms with Gasteiger partial charge in [-0.15, -0.1) is 22.9 Å². The molecule has 1 aromatic carbocycles. The molecule has 1 unspecified atom stereocenters. The Morgan fingerprint density at radius 2 is 2.06 bits per heavy atom. The number of hydrogen-bond acceptors (Lipinski definition) is 6. The number of alkyl halides is 3. The highest BCUT2D eigenvalue weighted by molar-refractivity contribution is 7.14. The van der Waals surface area contributed by atoms with Crippen LogP contribution in [0, 0.1) is 19.3 Å². The van der Waals surface area contributed by atoms with Gasteiger partial charge in [-0.2, -0.15) is 18.3 Å². The Labute approximate surface area is 180 Å². The zero-order valence-corrected chi connectivity index (χ0v) is 17.3. The summed E-state index contributed by atoms with van der Waals surface area (Å²) in [7, 11) is 0. The van der Waals surface area contributed by atoms with Gasteiger partial charge in [-0.1, -0.05) is 5.92 Å². The number of rotatable bonds is 6. The number of terminal acetylenes is 1. The average molecular weight is 446 g/mol. The van der Waals surface area contributed by atoms with Gasteiger partial charge in [0.2, 0.25) is 0 Å². The zero-order chi connectivity index (χ0) is 22.6. The Morgan fingerprint density at radius 1 is 1.29 bits per heavy atom. The smallest absolute Gasteiger partial charge is 0.435 e. The third-order valence-corrected chi connectivity index (χ3v) is 5.09. The summed E-state index contributed by atoms with van der Waals surface area (Å²) < 4.78 is 43.5. The quantitative estimate of drug-likeness (QED) is 0.567. The Kier molecular flexibility index (Phi) is 6.56. The minimum absolute atomic E-state index is 0.0267. The first kappa shape index (κ1) is 22.2. The summed E-state index contributed by atoms with van der Waals surface area (Å²) in [6.07, 6.45) is 2.39. The van der Waals surface area contributed by atoms with Crippen LogP contribution in [0.1, 0.15) is 39.6 Å². The molecule has 3 rings (SSSR count). The number of carbonyl (C=O) groups excluding carboxylic acids is 1. The first-order valence-corrected chi connectivity index (χ1v) is 9.85. The predicted molar refractivity (Wildman–Crippen MR) is 110 cm³/mol. The summed E-state index contributed by atoms with van der Waals surface area (Å²) in [5, 5.41) is 10.2. The third-order valence-electron chi connectivity index (χ3n) is 4.13. The molecule has 3 aromatic rings. The highest BCUT2D eigenvalue weighted by Crippen LogP contribution is 2.30. The van der Waals surface area contributed by atoms with Crippen molar-refractivity contribution < 1.29 is 22.7 Å². The van der Waals surface area contributed by atoms with Crippen LogP contribution < -0.4 is 10.1 Å². The summed E-state index contributed by atoms with van der Waals surface area (Å²) >= 11 is 1.46. The van der Waals surface area contributed by atoms with Crippen LogP contribution in [0.3, 0.4) is 0 Å². The van der Waals surface area contributed by atoms with E-state index in [-0.39, 0.29) is 17.9 Å². The molecule has 0 spiro atoms. The predicted octanol–water partition coefficient (Wildman–Crippen LogP) is 4.43. The zero-order valence-electron chi connectivity index (χ0n) is 16.5. The van der Waals surface area contributed by atoms with Gasteiger partial charge in [-0.05, 0) is 44.2 Å². The van der Waals surface area contributed by atoms with Crippen LogP contribution in [0.2, 0.25) is 0 Å². The Balaban J connectivity index is 1.83. The number of ether oxygens (including phenoxy) is 1. The molecular formula is C21H17F3N4O2S. The fraction of sp³-hybridized carbons (Fsp3) is 0.238. The number of nitrogens with one attached hydrogen (secondary N) is 1. The van der Waals surface area contributed by atoms with E-state index in [2.05, 4.69) is 26.4 Å². The van der Waals surface area contributed by atoms with E-state index < -0.39 is 23.8 Å². The minimum Gasteiger partial charge on any atom is -0.481 e. The average Bonchev–Trinajstić information content (AvgIpc) is 3.17. The van der Waals surface area contributed by atoms with E-state index in [0.717, 1.165) is 10.9 Å². The molecular weight excluding hydrogens is 429 g/mol. The lowest BCUT2D eigenvalue weighted by atomic mass is 10.1. The lowest BCUT2D eigenvalue weighted by Gasteiger charge is -2.15. The molecule has 2 heterocycles. The molecule has 1 amide bonds. The van der Waals surface area contributed by atoms with Crippen molar-refractivity contribution in [3.63, 3.8) is 0 Å². The van der Waals surface area contributed by atoms with Gasteiger partial charge >= 0.3 is 6.18 Å². The van der Waals surface area contributed by atoms with Crippen molar-refractivity contribution >= 4 is 17.2 Å². The summed E-state index contributed by atoms with van der Waals surface area (Å²) in [5.41, 5.74) is 0.0530. The van der Waals surface area contributed by atoms with Crippen LogP contribution in [0.4, 0.5) is 13.2 Å². The van der Waals surface area contributed by atoms with Gasteiger partial charge in [0.25, 0.3) is 5.91 Å². The van der Waals surface area contributed by atoms with Gasteiger partial charge in [-0.25, -0.2) is 4.98 Å². The molecule has 160 valence electrons. The van der Waals surface area contributed by atoms with Crippen LogP contribution in [0.5, 0.6) is 5.75 Å². The van der Waals surface area contributed by atoms with Gasteiger partial charge in [0.05, 0.1) is 11.7 Å². The van der Waals surface area contributed by atoms with Crippen LogP contribution in [0.25, 0.3) is 10.6 Å². The second-order valence-electron chi connectivity index (χ2n) is 6.55. The maximum atomic E-state index is 12.8. The molecule has 10 heteroatoms. The lowest BCUT2D eigenvalue weighted by molar-refractivity contribution is -0.141. The fourth-order valence-electron chi connectivity index (χ4n) is 2.63. The van der Waals surface area contributed by atoms with Crippen LogP contribution in [0.15, 0.2) is 36.5 Å². The highest BCUT2D eigenvalue weighted by Gasteiger charge is 2.33. The highest BCUT2D eigenvalue weighted by atomic mass is 32.1. The first-order chi connectivity index (χ1) is 14.7. The van der Waals surface area contributed by atoms with Gasteiger partial charge in [0.1, 0.15) is 17.4 Å². The summed E-state index contributed by atoms with van der Waals surface area (Å²) in [5.74, 6) is 2.30. The number of aromatic nitrogens is 3. The Bertz CT molecular complexity index is 1120. The summed E-state index contributed by atoms with van der Waals surface area (Å²) in [4.78, 5) is 18.1. The number of aryl methyl sites for hydroxylation is 1. The molecule has 0 fully saturated rings. The van der Waals surface area contributed by atoms with E-state index >= 15 is 0 Å². The first-order valence-electron chi connectivity index (χ1n) is 9.03. The van der Waals surface area contributed by atoms with E-state index in [1.165, 1.54) is 23.5 Å². The van der Waals surface area contributed by atoms with Crippen LogP contribution in [-0.2, 0) is 6.18 Å². The number of carbonyl (C=O) groups is 1. The third kappa shape index (κ3) is 5.58. The molecule has 0 aliphatic heterocycles. The van der Waals surface area contributed by atoms with E-state index in [1.807, 2.05) is 6.92 Å². The summed E-state index contributed by atoms with van der Waals surface area (Å²) in [6.45, 7) is 3.54. The molecule has 1 atom stereocenters. The number of amides is 1. The van der Waals surface area contributed by atoms with E-state index in [4.69, 9.17) is 11.2 Å². The number of nitrogens with zero attached hydrogens (tertiary/aromatic N) is 3. The fourth-order valence-corrected chi connectivity index (χ4v) is 3.38. The standard InChI is InChI=1S/C21H17F3N4O2S/c1-4-7-30-16-9-14(8-15(10-16)20-25-11-12(2)31-20)19(29)26-13(3)17-5-6-18(28-27-17)21(22,23)24/h1,5-6,8-11,13H,7H2,2-3H3,(H,26,29). The molecule has 0 aliphatic carbocycles. The van der Waals surface area contributed by atoms with Crippen molar-refractivity contribution in [2.75, 3.05) is 6.61 Å². The number of hydrogen-bond donors (Lipinski definition) is 1. The number of thiazole rings is 1. The second kappa shape index (κ2) is 9.14. The van der Waals surface area contributed by atoms with Crippen molar-refractivity contribution in [1.82, 2.24) is 20.5 Å². The summed E-state index contributed by atoms with van der Waals surface area (Å²) in [6, 6.07) is 6.24. The molecule has 0 aliphatic rings. The minimum atomic E-state index is -4.58. The van der Waals surface area contributed by atoms with Crippen LogP contribution >= 0.6 is 11.3 Å². The molecule has 0 bridgehead atoms. The number of halogens is 3. The van der Waals surface area contributed by atoms with Crippen LogP contribution in [-0.4, -0.2) is 27.7 Å². The molecule has 0 saturated heterocycles. The van der Waals surface area contributed by atoms with Gasteiger partial charge in [0, 0.05) is 22.2 Å². The molecule has 2 aromatic heterocycles. The van der Waals surface area contributed by atoms with E-state index in [0.29, 0.717) is 16.3 Å². The molecule has 6 nitrogen and oxygen atoms in total. The normalized spacial score (nSPS) is 12.1.